The van der Waals surface area contributed by atoms with E-state index in [9.17, 15) is 9.59 Å². The Hall–Kier alpha value is -2.62. The first-order chi connectivity index (χ1) is 9.31. The largest absolute Gasteiger partial charge is 0.447 e. The number of hydrogen-bond donors (Lipinski definition) is 1. The lowest BCUT2D eigenvalue weighted by atomic mass is 9.91. The second kappa shape index (κ2) is 4.57. The summed E-state index contributed by atoms with van der Waals surface area (Å²) in [5.41, 5.74) is 2.33. The van der Waals surface area contributed by atoms with Gasteiger partial charge in [-0.15, -0.1) is 0 Å². The third-order valence-corrected chi connectivity index (χ3v) is 3.15. The molecule has 0 spiro atoms. The third kappa shape index (κ3) is 1.87. The molecule has 0 fully saturated rings. The van der Waals surface area contributed by atoms with E-state index < -0.39 is 0 Å². The van der Waals surface area contributed by atoms with Gasteiger partial charge in [0.05, 0.1) is 5.56 Å². The maximum Gasteiger partial charge on any atom is 0.294 e. The summed E-state index contributed by atoms with van der Waals surface area (Å²) >= 11 is 0. The van der Waals surface area contributed by atoms with Gasteiger partial charge < -0.3 is 10.1 Å². The molecular formula is C15H11NO3. The first-order valence-corrected chi connectivity index (χ1v) is 5.88. The van der Waals surface area contributed by atoms with E-state index in [1.165, 1.54) is 0 Å². The lowest BCUT2D eigenvalue weighted by Gasteiger charge is -2.16. The van der Waals surface area contributed by atoms with Crippen molar-refractivity contribution in [3.63, 3.8) is 0 Å². The van der Waals surface area contributed by atoms with E-state index in [2.05, 4.69) is 10.1 Å². The lowest BCUT2D eigenvalue weighted by Crippen LogP contribution is -2.11. The molecule has 1 aliphatic rings. The van der Waals surface area contributed by atoms with Gasteiger partial charge >= 0.3 is 0 Å². The van der Waals surface area contributed by atoms with E-state index in [1.54, 1.807) is 6.08 Å². The molecule has 4 heteroatoms. The predicted molar refractivity (Wildman–Crippen MR) is 73.0 cm³/mol. The number of carbonyl (C=O) groups excluding carboxylic acids is 2. The summed E-state index contributed by atoms with van der Waals surface area (Å²) < 4.78 is 4.61. The molecule has 2 aromatic carbocycles. The highest BCUT2D eigenvalue weighted by molar-refractivity contribution is 6.23. The molecule has 0 saturated heterocycles. The normalized spacial score (nSPS) is 12.5. The molecule has 2 aromatic rings. The van der Waals surface area contributed by atoms with Crippen LogP contribution in [0.1, 0.15) is 15.9 Å². The molecular weight excluding hydrogens is 242 g/mol. The van der Waals surface area contributed by atoms with E-state index in [0.717, 1.165) is 16.3 Å². The molecule has 0 heterocycles. The van der Waals surface area contributed by atoms with Gasteiger partial charge in [0.25, 0.3) is 6.47 Å². The zero-order valence-corrected chi connectivity index (χ0v) is 10.1. The predicted octanol–water partition coefficient (Wildman–Crippen LogP) is 2.59. The number of hydrogen-bond acceptors (Lipinski definition) is 4. The van der Waals surface area contributed by atoms with E-state index in [1.807, 2.05) is 36.4 Å². The molecule has 1 aliphatic carbocycles. The van der Waals surface area contributed by atoms with Crippen LogP contribution in [0.4, 0.5) is 5.69 Å². The van der Waals surface area contributed by atoms with Crippen LogP contribution in [0.3, 0.4) is 0 Å². The average Bonchev–Trinajstić information content (AvgIpc) is 2.44. The average molecular weight is 253 g/mol. The van der Waals surface area contributed by atoms with E-state index >= 15 is 0 Å². The summed E-state index contributed by atoms with van der Waals surface area (Å²) in [6.45, 7) is 0.411. The highest BCUT2D eigenvalue weighted by Gasteiger charge is 2.18. The molecule has 0 unspecified atom stereocenters. The molecule has 0 saturated carbocycles. The molecule has 0 amide bonds. The van der Waals surface area contributed by atoms with Crippen LogP contribution >= 0.6 is 0 Å². The highest BCUT2D eigenvalue weighted by atomic mass is 16.5. The molecule has 94 valence electrons. The van der Waals surface area contributed by atoms with Crippen molar-refractivity contribution in [3.05, 3.63) is 47.5 Å². The SMILES string of the molecule is O=COCNc1ccc2cccc3c2c1C(=O)C=C3. The monoisotopic (exact) mass is 253 g/mol. The van der Waals surface area contributed by atoms with Crippen LogP contribution in [-0.2, 0) is 9.53 Å². The minimum atomic E-state index is -0.0436. The Labute approximate surface area is 109 Å². The molecule has 0 aromatic heterocycles. The summed E-state index contributed by atoms with van der Waals surface area (Å²) in [5.74, 6) is -0.0436. The molecule has 4 nitrogen and oxygen atoms in total. The molecule has 0 radical (unpaired) electrons. The van der Waals surface area contributed by atoms with Crippen LogP contribution in [0.15, 0.2) is 36.4 Å². The fourth-order valence-electron chi connectivity index (χ4n) is 2.35. The number of ketones is 1. The van der Waals surface area contributed by atoms with Gasteiger partial charge in [-0.1, -0.05) is 30.3 Å². The van der Waals surface area contributed by atoms with Crippen molar-refractivity contribution in [1.82, 2.24) is 0 Å². The van der Waals surface area contributed by atoms with Crippen molar-refractivity contribution in [3.8, 4) is 0 Å². The Kier molecular flexibility index (Phi) is 2.76. The summed E-state index contributed by atoms with van der Waals surface area (Å²) in [6.07, 6.45) is 3.38. The number of ether oxygens (including phenoxy) is 1. The number of allylic oxidation sites excluding steroid dienone is 1. The smallest absolute Gasteiger partial charge is 0.294 e. The standard InChI is InChI=1S/C15H11NO3/c17-9-19-8-16-12-6-4-10-2-1-3-11-5-7-13(18)15(12)14(10)11/h1-7,9,16H,8H2. The zero-order chi connectivity index (χ0) is 13.2. The highest BCUT2D eigenvalue weighted by Crippen LogP contribution is 2.33. The second-order valence-corrected chi connectivity index (χ2v) is 4.22. The van der Waals surface area contributed by atoms with Crippen LogP contribution in [0, 0.1) is 0 Å². The molecule has 1 N–H and O–H groups in total. The number of rotatable bonds is 4. The molecule has 3 rings (SSSR count). The number of anilines is 1. The van der Waals surface area contributed by atoms with Crippen molar-refractivity contribution in [1.29, 1.82) is 0 Å². The van der Waals surface area contributed by atoms with Gasteiger partial charge in [-0.3, -0.25) is 9.59 Å². The van der Waals surface area contributed by atoms with E-state index in [-0.39, 0.29) is 12.5 Å². The van der Waals surface area contributed by atoms with Crippen molar-refractivity contribution >= 4 is 34.8 Å². The summed E-state index contributed by atoms with van der Waals surface area (Å²) in [7, 11) is 0. The zero-order valence-electron chi connectivity index (χ0n) is 10.1. The van der Waals surface area contributed by atoms with E-state index in [4.69, 9.17) is 0 Å². The first-order valence-electron chi connectivity index (χ1n) is 5.88. The van der Waals surface area contributed by atoms with Gasteiger partial charge in [0.15, 0.2) is 12.5 Å². The Balaban J connectivity index is 2.16. The van der Waals surface area contributed by atoms with Crippen LogP contribution in [-0.4, -0.2) is 19.0 Å². The Morgan fingerprint density at radius 3 is 2.89 bits per heavy atom. The van der Waals surface area contributed by atoms with Crippen molar-refractivity contribution in [2.45, 2.75) is 0 Å². The quantitative estimate of drug-likeness (QED) is 0.517. The maximum absolute atomic E-state index is 12.1. The molecule has 0 bridgehead atoms. The summed E-state index contributed by atoms with van der Waals surface area (Å²) in [6, 6.07) is 9.68. The van der Waals surface area contributed by atoms with Crippen LogP contribution in [0.25, 0.3) is 16.8 Å². The molecule has 0 atom stereocenters. The molecule has 0 aliphatic heterocycles. The van der Waals surface area contributed by atoms with Gasteiger partial charge in [-0.2, -0.15) is 0 Å². The van der Waals surface area contributed by atoms with Gasteiger partial charge in [0.2, 0.25) is 0 Å². The Morgan fingerprint density at radius 2 is 2.05 bits per heavy atom. The van der Waals surface area contributed by atoms with Crippen molar-refractivity contribution in [2.24, 2.45) is 0 Å². The topological polar surface area (TPSA) is 55.4 Å². The minimum Gasteiger partial charge on any atom is -0.447 e. The van der Waals surface area contributed by atoms with Crippen molar-refractivity contribution < 1.29 is 14.3 Å². The Morgan fingerprint density at radius 1 is 1.16 bits per heavy atom. The fourth-order valence-corrected chi connectivity index (χ4v) is 2.35. The molecule has 19 heavy (non-hydrogen) atoms. The van der Waals surface area contributed by atoms with Crippen LogP contribution in [0.5, 0.6) is 0 Å². The Bertz CT molecular complexity index is 704. The summed E-state index contributed by atoms with van der Waals surface area (Å²) in [4.78, 5) is 22.2. The van der Waals surface area contributed by atoms with Crippen molar-refractivity contribution in [2.75, 3.05) is 12.0 Å². The number of carbonyl (C=O) groups is 2. The lowest BCUT2D eigenvalue weighted by molar-refractivity contribution is -0.127. The third-order valence-electron chi connectivity index (χ3n) is 3.15. The van der Waals surface area contributed by atoms with E-state index in [0.29, 0.717) is 17.7 Å². The van der Waals surface area contributed by atoms with Crippen LogP contribution in [0.2, 0.25) is 0 Å². The first kappa shape index (κ1) is 11.5. The fraction of sp³-hybridized carbons (Fsp3) is 0.0667. The minimum absolute atomic E-state index is 0.0428. The van der Waals surface area contributed by atoms with Gasteiger partial charge in [-0.05, 0) is 23.1 Å². The summed E-state index contributed by atoms with van der Waals surface area (Å²) in [5, 5.41) is 4.90. The van der Waals surface area contributed by atoms with Gasteiger partial charge in [-0.25, -0.2) is 0 Å². The second-order valence-electron chi connectivity index (χ2n) is 4.22. The number of benzene rings is 2. The van der Waals surface area contributed by atoms with Gasteiger partial charge in [0, 0.05) is 11.1 Å². The maximum atomic E-state index is 12.1. The van der Waals surface area contributed by atoms with Gasteiger partial charge in [0.1, 0.15) is 0 Å². The number of nitrogens with one attached hydrogen (secondary N) is 1. The van der Waals surface area contributed by atoms with Crippen LogP contribution < -0.4 is 5.32 Å².